The van der Waals surface area contributed by atoms with Crippen molar-refractivity contribution in [1.82, 2.24) is 4.90 Å². The second-order valence-corrected chi connectivity index (χ2v) is 9.83. The molecular formula is C29H32N2O5. The lowest BCUT2D eigenvalue weighted by atomic mass is 10.0. The topological polar surface area (TPSA) is 91.1 Å². The number of ether oxygens (including phenoxy) is 3. The van der Waals surface area contributed by atoms with Gasteiger partial charge in [0.15, 0.2) is 11.9 Å². The Hall–Kier alpha value is -3.84. The molecule has 0 aromatic heterocycles. The van der Waals surface area contributed by atoms with E-state index >= 15 is 0 Å². The summed E-state index contributed by atoms with van der Waals surface area (Å²) in [6, 6.07) is 23.2. The number of rotatable bonds is 7. The summed E-state index contributed by atoms with van der Waals surface area (Å²) in [5.41, 5.74) is 7.66. The Bertz CT molecular complexity index is 1250. The number of hydrogen-bond donors (Lipinski definition) is 1. The molecule has 1 aliphatic rings. The summed E-state index contributed by atoms with van der Waals surface area (Å²) in [7, 11) is 0. The van der Waals surface area contributed by atoms with E-state index in [4.69, 9.17) is 19.9 Å². The molecule has 4 rings (SSSR count). The van der Waals surface area contributed by atoms with Crippen LogP contribution < -0.4 is 5.73 Å². The van der Waals surface area contributed by atoms with Gasteiger partial charge in [0.1, 0.15) is 18.5 Å². The Morgan fingerprint density at radius 3 is 2.39 bits per heavy atom. The highest BCUT2D eigenvalue weighted by atomic mass is 16.6. The molecule has 36 heavy (non-hydrogen) atoms. The first kappa shape index (κ1) is 25.3. The maximum absolute atomic E-state index is 13.1. The summed E-state index contributed by atoms with van der Waals surface area (Å²) in [5.74, 6) is -0.686. The lowest BCUT2D eigenvalue weighted by Crippen LogP contribution is -2.50. The molecule has 3 aromatic carbocycles. The summed E-state index contributed by atoms with van der Waals surface area (Å²) in [6.45, 7) is 5.34. The predicted octanol–water partition coefficient (Wildman–Crippen LogP) is 5.28. The van der Waals surface area contributed by atoms with Crippen LogP contribution in [0, 0.1) is 0 Å². The van der Waals surface area contributed by atoms with Crippen molar-refractivity contribution in [2.24, 2.45) is 5.73 Å². The summed E-state index contributed by atoms with van der Waals surface area (Å²) in [4.78, 5) is 27.2. The SMILES string of the molecule is CC(C)(C)OC(=O)N1C(C(=O)OCc2ccccc2)=COC1C(N)CCc1ccc2ccccc2c1. The van der Waals surface area contributed by atoms with Gasteiger partial charge in [-0.3, -0.25) is 0 Å². The minimum Gasteiger partial charge on any atom is -0.473 e. The summed E-state index contributed by atoms with van der Waals surface area (Å²) >= 11 is 0. The third kappa shape index (κ3) is 6.23. The molecule has 7 heteroatoms. The van der Waals surface area contributed by atoms with Gasteiger partial charge in [-0.25, -0.2) is 14.5 Å². The van der Waals surface area contributed by atoms with Crippen LogP contribution in [0.1, 0.15) is 38.3 Å². The van der Waals surface area contributed by atoms with Crippen LogP contribution in [0.25, 0.3) is 10.8 Å². The molecule has 0 spiro atoms. The van der Waals surface area contributed by atoms with E-state index in [2.05, 4.69) is 30.3 Å². The highest BCUT2D eigenvalue weighted by Gasteiger charge is 2.42. The van der Waals surface area contributed by atoms with Crippen LogP contribution in [0.15, 0.2) is 84.8 Å². The number of carbonyl (C=O) groups excluding carboxylic acids is 2. The molecule has 2 atom stereocenters. The Kier molecular flexibility index (Phi) is 7.60. The summed E-state index contributed by atoms with van der Waals surface area (Å²) < 4.78 is 16.7. The van der Waals surface area contributed by atoms with Crippen molar-refractivity contribution in [1.29, 1.82) is 0 Å². The molecule has 0 fully saturated rings. The van der Waals surface area contributed by atoms with Crippen LogP contribution in [0.5, 0.6) is 0 Å². The number of benzene rings is 3. The van der Waals surface area contributed by atoms with Gasteiger partial charge in [0.05, 0.1) is 6.04 Å². The number of aryl methyl sites for hydroxylation is 1. The van der Waals surface area contributed by atoms with Crippen molar-refractivity contribution in [3.05, 3.63) is 95.9 Å². The maximum Gasteiger partial charge on any atom is 0.418 e. The standard InChI is InChI=1S/C29H32N2O5/c1-29(2,3)36-28(33)31-25(27(32)35-18-21-9-5-4-6-10-21)19-34-26(31)24(30)16-14-20-13-15-22-11-7-8-12-23(22)17-20/h4-13,15,17,19,24,26H,14,16,18,30H2,1-3H3. The molecule has 188 valence electrons. The molecule has 0 aliphatic carbocycles. The zero-order chi connectivity index (χ0) is 25.7. The van der Waals surface area contributed by atoms with Gasteiger partial charge in [0.2, 0.25) is 0 Å². The van der Waals surface area contributed by atoms with Gasteiger partial charge in [-0.05, 0) is 55.5 Å². The number of carbonyl (C=O) groups is 2. The summed E-state index contributed by atoms with van der Waals surface area (Å²) in [6.07, 6.45) is 0.843. The average Bonchev–Trinajstić information content (AvgIpc) is 3.31. The molecule has 7 nitrogen and oxygen atoms in total. The molecule has 0 bridgehead atoms. The number of nitrogens with two attached hydrogens (primary N) is 1. The van der Waals surface area contributed by atoms with Crippen LogP contribution >= 0.6 is 0 Å². The normalized spacial score (nSPS) is 16.3. The minimum atomic E-state index is -0.889. The lowest BCUT2D eigenvalue weighted by molar-refractivity contribution is -0.142. The molecule has 0 saturated carbocycles. The van der Waals surface area contributed by atoms with Gasteiger partial charge >= 0.3 is 12.1 Å². The zero-order valence-corrected chi connectivity index (χ0v) is 20.8. The largest absolute Gasteiger partial charge is 0.473 e. The van der Waals surface area contributed by atoms with E-state index in [-0.39, 0.29) is 12.3 Å². The molecule has 1 heterocycles. The molecule has 0 radical (unpaired) electrons. The smallest absolute Gasteiger partial charge is 0.418 e. The van der Waals surface area contributed by atoms with E-state index in [1.54, 1.807) is 20.8 Å². The number of fused-ring (bicyclic) bond motifs is 1. The van der Waals surface area contributed by atoms with E-state index in [1.165, 1.54) is 16.5 Å². The first-order valence-corrected chi connectivity index (χ1v) is 12.0. The fourth-order valence-corrected chi connectivity index (χ4v) is 4.01. The van der Waals surface area contributed by atoms with E-state index in [9.17, 15) is 9.59 Å². The Morgan fingerprint density at radius 2 is 1.67 bits per heavy atom. The van der Waals surface area contributed by atoms with Crippen molar-refractivity contribution < 1.29 is 23.8 Å². The Balaban J connectivity index is 1.45. The second kappa shape index (κ2) is 10.8. The van der Waals surface area contributed by atoms with Crippen LogP contribution in [-0.4, -0.2) is 34.8 Å². The van der Waals surface area contributed by atoms with Gasteiger partial charge in [-0.1, -0.05) is 72.8 Å². The molecule has 2 unspecified atom stereocenters. The first-order valence-electron chi connectivity index (χ1n) is 12.0. The monoisotopic (exact) mass is 488 g/mol. The molecule has 0 saturated heterocycles. The van der Waals surface area contributed by atoms with Gasteiger partial charge in [-0.2, -0.15) is 0 Å². The first-order chi connectivity index (χ1) is 17.2. The Labute approximate surface area is 211 Å². The minimum absolute atomic E-state index is 0.0358. The maximum atomic E-state index is 13.1. The fraction of sp³-hybridized carbons (Fsp3) is 0.310. The van der Waals surface area contributed by atoms with Gasteiger partial charge in [0.25, 0.3) is 0 Å². The number of hydrogen-bond acceptors (Lipinski definition) is 6. The van der Waals surface area contributed by atoms with Crippen molar-refractivity contribution in [2.45, 2.75) is 58.1 Å². The fourth-order valence-electron chi connectivity index (χ4n) is 4.01. The molecule has 1 aliphatic heterocycles. The van der Waals surface area contributed by atoms with Crippen molar-refractivity contribution in [3.63, 3.8) is 0 Å². The molecule has 1 amide bonds. The Morgan fingerprint density at radius 1 is 0.972 bits per heavy atom. The van der Waals surface area contributed by atoms with Crippen molar-refractivity contribution in [3.8, 4) is 0 Å². The van der Waals surface area contributed by atoms with E-state index in [1.807, 2.05) is 42.5 Å². The van der Waals surface area contributed by atoms with E-state index in [0.717, 1.165) is 16.5 Å². The van der Waals surface area contributed by atoms with Crippen molar-refractivity contribution >= 4 is 22.8 Å². The molecule has 2 N–H and O–H groups in total. The highest BCUT2D eigenvalue weighted by molar-refractivity contribution is 5.92. The summed E-state index contributed by atoms with van der Waals surface area (Å²) in [5, 5.41) is 2.32. The van der Waals surface area contributed by atoms with Gasteiger partial charge in [-0.15, -0.1) is 0 Å². The van der Waals surface area contributed by atoms with Crippen LogP contribution in [-0.2, 0) is 32.0 Å². The van der Waals surface area contributed by atoms with Crippen LogP contribution in [0.4, 0.5) is 4.79 Å². The van der Waals surface area contributed by atoms with Gasteiger partial charge in [0, 0.05) is 0 Å². The second-order valence-electron chi connectivity index (χ2n) is 9.83. The quantitative estimate of drug-likeness (QED) is 0.455. The highest BCUT2D eigenvalue weighted by Crippen LogP contribution is 2.27. The average molecular weight is 489 g/mol. The predicted molar refractivity (Wildman–Crippen MR) is 138 cm³/mol. The number of esters is 1. The van der Waals surface area contributed by atoms with Gasteiger partial charge < -0.3 is 19.9 Å². The van der Waals surface area contributed by atoms with E-state index in [0.29, 0.717) is 12.8 Å². The van der Waals surface area contributed by atoms with Crippen LogP contribution in [0.2, 0.25) is 0 Å². The molecule has 3 aromatic rings. The third-order valence-electron chi connectivity index (χ3n) is 5.79. The third-order valence-corrected chi connectivity index (χ3v) is 5.79. The van der Waals surface area contributed by atoms with E-state index < -0.39 is 29.9 Å². The van der Waals surface area contributed by atoms with Crippen molar-refractivity contribution in [2.75, 3.05) is 0 Å². The number of amides is 1. The molecular weight excluding hydrogens is 456 g/mol. The number of nitrogens with zero attached hydrogens (tertiary/aromatic N) is 1. The van der Waals surface area contributed by atoms with Crippen LogP contribution in [0.3, 0.4) is 0 Å². The zero-order valence-electron chi connectivity index (χ0n) is 20.8. The lowest BCUT2D eigenvalue weighted by Gasteiger charge is -2.31.